The van der Waals surface area contributed by atoms with E-state index in [1.165, 1.54) is 0 Å². The molecule has 1 aromatic heterocycles. The van der Waals surface area contributed by atoms with Crippen molar-refractivity contribution < 1.29 is 9.21 Å². The lowest BCUT2D eigenvalue weighted by molar-refractivity contribution is -0.125. The van der Waals surface area contributed by atoms with Crippen LogP contribution in [0.5, 0.6) is 0 Å². The molecule has 0 bridgehead atoms. The van der Waals surface area contributed by atoms with Crippen molar-refractivity contribution in [3.63, 3.8) is 0 Å². The molecule has 1 unspecified atom stereocenters. The van der Waals surface area contributed by atoms with Crippen LogP contribution in [-0.2, 0) is 11.2 Å². The molecule has 0 spiro atoms. The highest BCUT2D eigenvalue weighted by Gasteiger charge is 2.28. The first-order chi connectivity index (χ1) is 7.80. The maximum atomic E-state index is 11.9. The number of hydrogen-bond acceptors (Lipinski definition) is 3. The van der Waals surface area contributed by atoms with Crippen molar-refractivity contribution in [2.24, 2.45) is 11.1 Å². The quantitative estimate of drug-likeness (QED) is 0.839. The van der Waals surface area contributed by atoms with Crippen LogP contribution in [0.1, 0.15) is 33.5 Å². The Bertz CT molecular complexity index is 352. The van der Waals surface area contributed by atoms with Crippen molar-refractivity contribution >= 4 is 5.91 Å². The largest absolute Gasteiger partial charge is 0.469 e. The van der Waals surface area contributed by atoms with Gasteiger partial charge < -0.3 is 15.5 Å². The smallest absolute Gasteiger partial charge is 0.237 e. The second-order valence-electron chi connectivity index (χ2n) is 5.54. The fraction of sp³-hybridized carbons (Fsp3) is 0.615. The Morgan fingerprint density at radius 2 is 2.18 bits per heavy atom. The van der Waals surface area contributed by atoms with Crippen LogP contribution >= 0.6 is 0 Å². The molecular formula is C13H22N2O2. The Morgan fingerprint density at radius 3 is 2.65 bits per heavy atom. The van der Waals surface area contributed by atoms with E-state index in [2.05, 4.69) is 5.32 Å². The summed E-state index contributed by atoms with van der Waals surface area (Å²) in [5.74, 6) is 0.749. The first-order valence-electron chi connectivity index (χ1n) is 5.89. The molecule has 0 fully saturated rings. The summed E-state index contributed by atoms with van der Waals surface area (Å²) in [6.07, 6.45) is 2.31. The number of rotatable bonds is 4. The van der Waals surface area contributed by atoms with Crippen molar-refractivity contribution in [1.82, 2.24) is 5.32 Å². The van der Waals surface area contributed by atoms with Crippen LogP contribution < -0.4 is 11.1 Å². The van der Waals surface area contributed by atoms with E-state index >= 15 is 0 Å². The third kappa shape index (κ3) is 4.23. The maximum Gasteiger partial charge on any atom is 0.237 e. The summed E-state index contributed by atoms with van der Waals surface area (Å²) >= 11 is 0. The molecule has 4 nitrogen and oxygen atoms in total. The van der Waals surface area contributed by atoms with Crippen molar-refractivity contribution in [2.75, 3.05) is 0 Å². The third-order valence-electron chi connectivity index (χ3n) is 2.69. The van der Waals surface area contributed by atoms with Gasteiger partial charge in [-0.15, -0.1) is 0 Å². The summed E-state index contributed by atoms with van der Waals surface area (Å²) in [7, 11) is 0. The van der Waals surface area contributed by atoms with Crippen LogP contribution in [0.15, 0.2) is 22.8 Å². The molecule has 0 aromatic carbocycles. The molecule has 0 aliphatic carbocycles. The molecular weight excluding hydrogens is 216 g/mol. The maximum absolute atomic E-state index is 11.9. The minimum atomic E-state index is -0.499. The number of furan rings is 1. The van der Waals surface area contributed by atoms with Gasteiger partial charge in [0.2, 0.25) is 5.91 Å². The Morgan fingerprint density at radius 1 is 1.53 bits per heavy atom. The number of carbonyl (C=O) groups is 1. The molecule has 3 N–H and O–H groups in total. The number of nitrogens with two attached hydrogens (primary N) is 1. The topological polar surface area (TPSA) is 68.3 Å². The van der Waals surface area contributed by atoms with Crippen LogP contribution in [0.25, 0.3) is 0 Å². The van der Waals surface area contributed by atoms with Gasteiger partial charge in [-0.1, -0.05) is 20.8 Å². The molecule has 0 radical (unpaired) electrons. The summed E-state index contributed by atoms with van der Waals surface area (Å²) < 4.78 is 5.23. The first-order valence-corrected chi connectivity index (χ1v) is 5.89. The molecule has 1 aromatic rings. The predicted octanol–water partition coefficient (Wildman–Crippen LogP) is 1.70. The molecule has 0 aliphatic rings. The SMILES string of the molecule is CC(Cc1ccco1)NC(=O)[C@H](N)C(C)(C)C. The van der Waals surface area contributed by atoms with Gasteiger partial charge in [0.25, 0.3) is 0 Å². The van der Waals surface area contributed by atoms with Crippen LogP contribution in [0.2, 0.25) is 0 Å². The van der Waals surface area contributed by atoms with Gasteiger partial charge in [0.1, 0.15) is 5.76 Å². The number of hydrogen-bond donors (Lipinski definition) is 2. The van der Waals surface area contributed by atoms with E-state index in [4.69, 9.17) is 10.2 Å². The summed E-state index contributed by atoms with van der Waals surface area (Å²) in [6.45, 7) is 7.80. The average molecular weight is 238 g/mol. The van der Waals surface area contributed by atoms with Gasteiger partial charge in [-0.25, -0.2) is 0 Å². The highest BCUT2D eigenvalue weighted by molar-refractivity contribution is 5.82. The van der Waals surface area contributed by atoms with E-state index in [1.807, 2.05) is 39.8 Å². The third-order valence-corrected chi connectivity index (χ3v) is 2.69. The van der Waals surface area contributed by atoms with Gasteiger partial charge >= 0.3 is 0 Å². The van der Waals surface area contributed by atoms with Gasteiger partial charge in [-0.3, -0.25) is 4.79 Å². The molecule has 96 valence electrons. The predicted molar refractivity (Wildman–Crippen MR) is 67.4 cm³/mol. The second-order valence-corrected chi connectivity index (χ2v) is 5.54. The minimum absolute atomic E-state index is 0.0158. The zero-order valence-electron chi connectivity index (χ0n) is 11.0. The second kappa shape index (κ2) is 5.36. The van der Waals surface area contributed by atoms with E-state index < -0.39 is 6.04 Å². The molecule has 1 rings (SSSR count). The average Bonchev–Trinajstić information content (AvgIpc) is 2.67. The van der Waals surface area contributed by atoms with Crippen molar-refractivity contribution in [2.45, 2.75) is 46.2 Å². The summed E-state index contributed by atoms with van der Waals surface area (Å²) in [6, 6.07) is 3.25. The Hall–Kier alpha value is -1.29. The molecule has 4 heteroatoms. The lowest BCUT2D eigenvalue weighted by atomic mass is 9.87. The van der Waals surface area contributed by atoms with E-state index in [0.29, 0.717) is 6.42 Å². The summed E-state index contributed by atoms with van der Waals surface area (Å²) in [4.78, 5) is 11.9. The Labute approximate surface area is 103 Å². The normalized spacial score (nSPS) is 15.4. The molecule has 1 amide bonds. The van der Waals surface area contributed by atoms with Crippen molar-refractivity contribution in [1.29, 1.82) is 0 Å². The van der Waals surface area contributed by atoms with Gasteiger partial charge in [0, 0.05) is 12.5 Å². The lowest BCUT2D eigenvalue weighted by Crippen LogP contribution is -2.51. The molecule has 0 saturated heterocycles. The van der Waals surface area contributed by atoms with E-state index in [0.717, 1.165) is 5.76 Å². The number of carbonyl (C=O) groups excluding carboxylic acids is 1. The summed E-state index contributed by atoms with van der Waals surface area (Å²) in [5, 5.41) is 2.90. The van der Waals surface area contributed by atoms with Crippen molar-refractivity contribution in [3.8, 4) is 0 Å². The molecule has 17 heavy (non-hydrogen) atoms. The Kier molecular flexibility index (Phi) is 4.34. The molecule has 1 heterocycles. The van der Waals surface area contributed by atoms with Crippen LogP contribution in [0, 0.1) is 5.41 Å². The molecule has 0 saturated carbocycles. The summed E-state index contributed by atoms with van der Waals surface area (Å²) in [5.41, 5.74) is 5.65. The van der Waals surface area contributed by atoms with Gasteiger partial charge in [0.05, 0.1) is 12.3 Å². The van der Waals surface area contributed by atoms with Gasteiger partial charge in [-0.05, 0) is 24.5 Å². The number of nitrogens with one attached hydrogen (secondary N) is 1. The monoisotopic (exact) mass is 238 g/mol. The van der Waals surface area contributed by atoms with Gasteiger partial charge in [0.15, 0.2) is 0 Å². The van der Waals surface area contributed by atoms with Gasteiger partial charge in [-0.2, -0.15) is 0 Å². The van der Waals surface area contributed by atoms with E-state index in [-0.39, 0.29) is 17.4 Å². The molecule has 2 atom stereocenters. The fourth-order valence-corrected chi connectivity index (χ4v) is 1.51. The Balaban J connectivity index is 2.46. The first kappa shape index (κ1) is 13.8. The highest BCUT2D eigenvalue weighted by Crippen LogP contribution is 2.17. The highest BCUT2D eigenvalue weighted by atomic mass is 16.3. The zero-order chi connectivity index (χ0) is 13.1. The van der Waals surface area contributed by atoms with Crippen LogP contribution in [-0.4, -0.2) is 18.0 Å². The van der Waals surface area contributed by atoms with E-state index in [9.17, 15) is 4.79 Å². The van der Waals surface area contributed by atoms with Crippen molar-refractivity contribution in [3.05, 3.63) is 24.2 Å². The zero-order valence-corrected chi connectivity index (χ0v) is 11.0. The van der Waals surface area contributed by atoms with Crippen LogP contribution in [0.4, 0.5) is 0 Å². The standard InChI is InChI=1S/C13H22N2O2/c1-9(8-10-6-5-7-17-10)15-12(16)11(14)13(2,3)4/h5-7,9,11H,8,14H2,1-4H3,(H,15,16)/t9?,11-/m0/s1. The lowest BCUT2D eigenvalue weighted by Gasteiger charge is -2.27. The number of amides is 1. The minimum Gasteiger partial charge on any atom is -0.469 e. The van der Waals surface area contributed by atoms with Crippen LogP contribution in [0.3, 0.4) is 0 Å². The molecule has 0 aliphatic heterocycles. The van der Waals surface area contributed by atoms with E-state index in [1.54, 1.807) is 6.26 Å². The fourth-order valence-electron chi connectivity index (χ4n) is 1.51.